The summed E-state index contributed by atoms with van der Waals surface area (Å²) in [6, 6.07) is 6.13. The van der Waals surface area contributed by atoms with Crippen LogP contribution in [0.3, 0.4) is 0 Å². The maximum atomic E-state index is 13.3. The second-order valence-corrected chi connectivity index (χ2v) is 8.31. The van der Waals surface area contributed by atoms with Gasteiger partial charge in [-0.25, -0.2) is 4.98 Å². The van der Waals surface area contributed by atoms with Gasteiger partial charge in [0.2, 0.25) is 6.79 Å². The van der Waals surface area contributed by atoms with Crippen molar-refractivity contribution >= 4 is 29.7 Å². The van der Waals surface area contributed by atoms with Crippen molar-refractivity contribution in [3.05, 3.63) is 39.8 Å². The number of hydrogen-bond acceptors (Lipinski definition) is 6. The predicted molar refractivity (Wildman–Crippen MR) is 111 cm³/mol. The normalized spacial score (nSPS) is 20.5. The number of thiazole rings is 1. The number of carbonyl (C=O) groups is 1. The van der Waals surface area contributed by atoms with Crippen LogP contribution >= 0.6 is 23.7 Å². The van der Waals surface area contributed by atoms with Crippen molar-refractivity contribution in [3.8, 4) is 11.5 Å². The first kappa shape index (κ1) is 20.9. The summed E-state index contributed by atoms with van der Waals surface area (Å²) in [6.45, 7) is 3.45. The van der Waals surface area contributed by atoms with Gasteiger partial charge in [0.1, 0.15) is 10.7 Å². The second kappa shape index (κ2) is 9.11. The number of nitrogens with two attached hydrogens (primary N) is 1. The minimum Gasteiger partial charge on any atom is -0.454 e. The highest BCUT2D eigenvalue weighted by atomic mass is 35.5. The lowest BCUT2D eigenvalue weighted by molar-refractivity contribution is 0.0587. The molecule has 1 saturated carbocycles. The van der Waals surface area contributed by atoms with Gasteiger partial charge in [0.15, 0.2) is 11.5 Å². The molecule has 1 aliphatic heterocycles. The summed E-state index contributed by atoms with van der Waals surface area (Å²) in [4.78, 5) is 19.7. The first-order chi connectivity index (χ1) is 13.1. The number of nitrogens with zero attached hydrogens (tertiary/aromatic N) is 2. The summed E-state index contributed by atoms with van der Waals surface area (Å²) >= 11 is 1.44. The lowest BCUT2D eigenvalue weighted by atomic mass is 9.86. The molecule has 2 aromatic rings. The van der Waals surface area contributed by atoms with Gasteiger partial charge in [-0.2, -0.15) is 0 Å². The molecule has 1 aliphatic carbocycles. The fourth-order valence-corrected chi connectivity index (χ4v) is 4.46. The number of hydrogen-bond donors (Lipinski definition) is 1. The van der Waals surface area contributed by atoms with Crippen molar-refractivity contribution in [2.45, 2.75) is 51.7 Å². The Labute approximate surface area is 175 Å². The van der Waals surface area contributed by atoms with E-state index in [1.54, 1.807) is 0 Å². The summed E-state index contributed by atoms with van der Waals surface area (Å²) in [6.07, 6.45) is 4.37. The maximum absolute atomic E-state index is 13.3. The molecule has 4 rings (SSSR count). The van der Waals surface area contributed by atoms with Gasteiger partial charge in [-0.05, 0) is 49.3 Å². The first-order valence-corrected chi connectivity index (χ1v) is 10.4. The van der Waals surface area contributed by atoms with Crippen LogP contribution in [0.2, 0.25) is 0 Å². The van der Waals surface area contributed by atoms with Crippen LogP contribution in [0.25, 0.3) is 0 Å². The lowest BCUT2D eigenvalue weighted by Crippen LogP contribution is -2.42. The van der Waals surface area contributed by atoms with Crippen LogP contribution in [0.1, 0.15) is 53.7 Å². The Morgan fingerprint density at radius 3 is 2.71 bits per heavy atom. The molecule has 0 bridgehead atoms. The molecule has 8 heteroatoms. The second-order valence-electron chi connectivity index (χ2n) is 7.36. The Hall–Kier alpha value is -1.83. The number of carbonyl (C=O) groups excluding carboxylic acids is 1. The third kappa shape index (κ3) is 4.42. The monoisotopic (exact) mass is 423 g/mol. The van der Waals surface area contributed by atoms with Crippen LogP contribution < -0.4 is 15.2 Å². The molecule has 0 spiro atoms. The van der Waals surface area contributed by atoms with E-state index in [2.05, 4.69) is 11.9 Å². The molecule has 1 amide bonds. The van der Waals surface area contributed by atoms with Crippen molar-refractivity contribution in [1.82, 2.24) is 9.88 Å². The average Bonchev–Trinajstić information content (AvgIpc) is 3.35. The highest BCUT2D eigenvalue weighted by molar-refractivity contribution is 7.09. The molecule has 6 nitrogen and oxygen atoms in total. The summed E-state index contributed by atoms with van der Waals surface area (Å²) in [5.74, 6) is 2.22. The minimum absolute atomic E-state index is 0. The highest BCUT2D eigenvalue weighted by Crippen LogP contribution is 2.34. The molecule has 0 unspecified atom stereocenters. The number of ether oxygens (including phenoxy) is 2. The van der Waals surface area contributed by atoms with E-state index < -0.39 is 0 Å². The van der Waals surface area contributed by atoms with Crippen LogP contribution in [0.4, 0.5) is 0 Å². The van der Waals surface area contributed by atoms with Crippen LogP contribution in [0.5, 0.6) is 11.5 Å². The molecule has 2 heterocycles. The van der Waals surface area contributed by atoms with Gasteiger partial charge in [0, 0.05) is 24.5 Å². The van der Waals surface area contributed by atoms with E-state index in [1.165, 1.54) is 11.3 Å². The van der Waals surface area contributed by atoms with Crippen LogP contribution in [0.15, 0.2) is 23.6 Å². The summed E-state index contributed by atoms with van der Waals surface area (Å²) in [5, 5.41) is 2.61. The van der Waals surface area contributed by atoms with Gasteiger partial charge >= 0.3 is 0 Å². The molecule has 0 radical (unpaired) electrons. The Balaban J connectivity index is 0.00000225. The fraction of sp³-hybridized carbons (Fsp3) is 0.500. The van der Waals surface area contributed by atoms with E-state index >= 15 is 0 Å². The number of amides is 1. The molecular formula is C20H26ClN3O3S. The summed E-state index contributed by atoms with van der Waals surface area (Å²) in [7, 11) is 0. The SMILES string of the molecule is CC1CCC(N(Cc2ccc3c(c2)OCO3)C(=O)c2csc(CN)n2)CC1.Cl. The molecule has 2 N–H and O–H groups in total. The smallest absolute Gasteiger partial charge is 0.273 e. The van der Waals surface area contributed by atoms with E-state index in [9.17, 15) is 4.79 Å². The fourth-order valence-electron chi connectivity index (χ4n) is 3.81. The minimum atomic E-state index is -0.0110. The molecule has 1 aromatic heterocycles. The van der Waals surface area contributed by atoms with Crippen molar-refractivity contribution in [3.63, 3.8) is 0 Å². The van der Waals surface area contributed by atoms with Crippen molar-refractivity contribution in [1.29, 1.82) is 0 Å². The average molecular weight is 424 g/mol. The quantitative estimate of drug-likeness (QED) is 0.787. The Kier molecular flexibility index (Phi) is 6.80. The van der Waals surface area contributed by atoms with Gasteiger partial charge < -0.3 is 20.1 Å². The van der Waals surface area contributed by atoms with Gasteiger partial charge in [0.05, 0.1) is 0 Å². The van der Waals surface area contributed by atoms with Gasteiger partial charge in [-0.1, -0.05) is 13.0 Å². The number of aromatic nitrogens is 1. The first-order valence-electron chi connectivity index (χ1n) is 9.48. The van der Waals surface area contributed by atoms with Crippen LogP contribution in [-0.4, -0.2) is 28.6 Å². The van der Waals surface area contributed by atoms with Crippen molar-refractivity contribution in [2.75, 3.05) is 6.79 Å². The van der Waals surface area contributed by atoms with E-state index in [0.717, 1.165) is 53.7 Å². The zero-order chi connectivity index (χ0) is 18.8. The third-order valence-electron chi connectivity index (χ3n) is 5.42. The topological polar surface area (TPSA) is 77.7 Å². The van der Waals surface area contributed by atoms with Gasteiger partial charge in [-0.15, -0.1) is 23.7 Å². The molecule has 1 aromatic carbocycles. The molecule has 2 aliphatic rings. The Bertz CT molecular complexity index is 821. The molecule has 152 valence electrons. The maximum Gasteiger partial charge on any atom is 0.273 e. The highest BCUT2D eigenvalue weighted by Gasteiger charge is 2.30. The zero-order valence-electron chi connectivity index (χ0n) is 15.9. The summed E-state index contributed by atoms with van der Waals surface area (Å²) < 4.78 is 10.9. The molecule has 1 fully saturated rings. The third-order valence-corrected chi connectivity index (χ3v) is 6.29. The Morgan fingerprint density at radius 1 is 1.25 bits per heavy atom. The Morgan fingerprint density at radius 2 is 2.00 bits per heavy atom. The largest absolute Gasteiger partial charge is 0.454 e. The van der Waals surface area contributed by atoms with Crippen molar-refractivity contribution in [2.24, 2.45) is 11.7 Å². The van der Waals surface area contributed by atoms with E-state index in [1.807, 2.05) is 28.5 Å². The summed E-state index contributed by atoms with van der Waals surface area (Å²) in [5.41, 5.74) is 7.21. The predicted octanol–water partition coefficient (Wildman–Crippen LogP) is 3.97. The molecule has 0 saturated heterocycles. The number of fused-ring (bicyclic) bond motifs is 1. The van der Waals surface area contributed by atoms with Crippen LogP contribution in [-0.2, 0) is 13.1 Å². The van der Waals surface area contributed by atoms with Crippen molar-refractivity contribution < 1.29 is 14.3 Å². The van der Waals surface area contributed by atoms with Gasteiger partial charge in [-0.3, -0.25) is 4.79 Å². The number of benzene rings is 1. The van der Waals surface area contributed by atoms with Gasteiger partial charge in [0.25, 0.3) is 5.91 Å². The van der Waals surface area contributed by atoms with E-state index in [0.29, 0.717) is 18.8 Å². The molecular weight excluding hydrogens is 398 g/mol. The molecule has 0 atom stereocenters. The number of halogens is 1. The lowest BCUT2D eigenvalue weighted by Gasteiger charge is -2.36. The standard InChI is InChI=1S/C20H25N3O3S.ClH/c1-13-2-5-15(6-3-13)23(20(24)16-11-27-19(9-21)22-16)10-14-4-7-17-18(8-14)26-12-25-17;/h4,7-8,11,13,15H,2-3,5-6,9-10,12,21H2,1H3;1H. The van der Waals surface area contributed by atoms with E-state index in [-0.39, 0.29) is 31.1 Å². The number of rotatable bonds is 5. The van der Waals surface area contributed by atoms with E-state index in [4.69, 9.17) is 15.2 Å². The molecule has 28 heavy (non-hydrogen) atoms. The zero-order valence-corrected chi connectivity index (χ0v) is 17.6. The van der Waals surface area contributed by atoms with Crippen LogP contribution in [0, 0.1) is 5.92 Å².